The summed E-state index contributed by atoms with van der Waals surface area (Å²) in [6.45, 7) is 1.43. The highest BCUT2D eigenvalue weighted by Gasteiger charge is 2.04. The first-order valence-corrected chi connectivity index (χ1v) is 4.94. The second kappa shape index (κ2) is 4.77. The first-order valence-electron chi connectivity index (χ1n) is 3.95. The molecule has 1 aromatic rings. The Bertz CT molecular complexity index is 398. The molecule has 0 N–H and O–H groups in total. The van der Waals surface area contributed by atoms with Gasteiger partial charge in [0.05, 0.1) is 11.6 Å². The van der Waals surface area contributed by atoms with Crippen molar-refractivity contribution in [2.45, 2.75) is 12.7 Å². The lowest BCUT2D eigenvalue weighted by Gasteiger charge is -2.01. The van der Waals surface area contributed by atoms with Crippen LogP contribution in [-0.2, 0) is 10.5 Å². The number of thioether (sulfide) groups is 1. The molecule has 0 aromatic heterocycles. The average Bonchev–Trinajstić information content (AvgIpc) is 2.16. The van der Waals surface area contributed by atoms with E-state index >= 15 is 0 Å². The minimum Gasteiger partial charge on any atom is -0.288 e. The molecule has 0 atom stereocenters. The van der Waals surface area contributed by atoms with E-state index in [1.54, 1.807) is 0 Å². The molecule has 0 radical (unpaired) electrons. The molecule has 4 heteroatoms. The first kappa shape index (κ1) is 10.7. The third-order valence-electron chi connectivity index (χ3n) is 1.61. The van der Waals surface area contributed by atoms with Crippen LogP contribution in [-0.4, -0.2) is 5.12 Å². The number of nitriles is 1. The lowest BCUT2D eigenvalue weighted by molar-refractivity contribution is -0.109. The molecule has 72 valence electrons. The van der Waals surface area contributed by atoms with Crippen LogP contribution in [0.25, 0.3) is 0 Å². The Morgan fingerprint density at radius 3 is 2.93 bits per heavy atom. The Hall–Kier alpha value is -1.34. The Labute approximate surface area is 85.7 Å². The van der Waals surface area contributed by atoms with Crippen molar-refractivity contribution >= 4 is 16.9 Å². The molecule has 0 aliphatic carbocycles. The molecule has 2 nitrogen and oxygen atoms in total. The predicted molar refractivity (Wildman–Crippen MR) is 53.1 cm³/mol. The maximum Gasteiger partial charge on any atom is 0.186 e. The van der Waals surface area contributed by atoms with Crippen LogP contribution in [0.5, 0.6) is 0 Å². The highest BCUT2D eigenvalue weighted by molar-refractivity contribution is 8.12. The highest BCUT2D eigenvalue weighted by atomic mass is 32.2. The molecule has 0 fully saturated rings. The fourth-order valence-electron chi connectivity index (χ4n) is 0.934. The fourth-order valence-corrected chi connectivity index (χ4v) is 1.51. The number of hydrogen-bond donors (Lipinski definition) is 0. The molecule has 0 spiro atoms. The van der Waals surface area contributed by atoms with Crippen LogP contribution in [0.15, 0.2) is 18.2 Å². The van der Waals surface area contributed by atoms with Crippen LogP contribution >= 0.6 is 11.8 Å². The van der Waals surface area contributed by atoms with E-state index in [0.717, 1.165) is 11.8 Å². The molecular formula is C10H8FNOS. The number of carbonyl (C=O) groups is 1. The van der Waals surface area contributed by atoms with Gasteiger partial charge in [-0.25, -0.2) is 4.39 Å². The van der Waals surface area contributed by atoms with Crippen molar-refractivity contribution in [3.63, 3.8) is 0 Å². The summed E-state index contributed by atoms with van der Waals surface area (Å²) in [6.07, 6.45) is 0. The van der Waals surface area contributed by atoms with E-state index in [2.05, 4.69) is 0 Å². The van der Waals surface area contributed by atoms with Crippen molar-refractivity contribution in [2.75, 3.05) is 0 Å². The van der Waals surface area contributed by atoms with E-state index in [1.807, 2.05) is 6.07 Å². The monoisotopic (exact) mass is 209 g/mol. The molecule has 0 saturated carbocycles. The standard InChI is InChI=1S/C10H8FNOS/c1-7(13)14-6-9-4-8(5-12)2-3-10(9)11/h2-4H,6H2,1H3. The average molecular weight is 209 g/mol. The van der Waals surface area contributed by atoms with Crippen LogP contribution in [0.1, 0.15) is 18.1 Å². The van der Waals surface area contributed by atoms with Crippen molar-refractivity contribution < 1.29 is 9.18 Å². The summed E-state index contributed by atoms with van der Waals surface area (Å²) >= 11 is 1.03. The minimum atomic E-state index is -0.377. The zero-order chi connectivity index (χ0) is 10.6. The van der Waals surface area contributed by atoms with Crippen LogP contribution in [0.3, 0.4) is 0 Å². The Morgan fingerprint density at radius 1 is 1.64 bits per heavy atom. The Morgan fingerprint density at radius 2 is 2.36 bits per heavy atom. The summed E-state index contributed by atoms with van der Waals surface area (Å²) in [5.74, 6) is -0.103. The molecule has 0 heterocycles. The fraction of sp³-hybridized carbons (Fsp3) is 0.200. The first-order chi connectivity index (χ1) is 6.63. The number of carbonyl (C=O) groups excluding carboxylic acids is 1. The second-order valence-corrected chi connectivity index (χ2v) is 3.85. The van der Waals surface area contributed by atoms with Gasteiger partial charge < -0.3 is 0 Å². The van der Waals surface area contributed by atoms with Crippen molar-refractivity contribution in [2.24, 2.45) is 0 Å². The van der Waals surface area contributed by atoms with Crippen LogP contribution in [0.4, 0.5) is 4.39 Å². The Kier molecular flexibility index (Phi) is 3.66. The van der Waals surface area contributed by atoms with Crippen molar-refractivity contribution in [3.05, 3.63) is 35.1 Å². The van der Waals surface area contributed by atoms with Gasteiger partial charge in [-0.3, -0.25) is 4.79 Å². The molecule has 0 bridgehead atoms. The van der Waals surface area contributed by atoms with Crippen molar-refractivity contribution in [3.8, 4) is 6.07 Å². The van der Waals surface area contributed by atoms with E-state index in [1.165, 1.54) is 25.1 Å². The molecule has 14 heavy (non-hydrogen) atoms. The number of hydrogen-bond acceptors (Lipinski definition) is 3. The highest BCUT2D eigenvalue weighted by Crippen LogP contribution is 2.17. The smallest absolute Gasteiger partial charge is 0.186 e. The maximum atomic E-state index is 13.1. The van der Waals surface area contributed by atoms with Gasteiger partial charge in [0.15, 0.2) is 5.12 Å². The summed E-state index contributed by atoms with van der Waals surface area (Å²) in [7, 11) is 0. The van der Waals surface area contributed by atoms with Crippen molar-refractivity contribution in [1.82, 2.24) is 0 Å². The van der Waals surface area contributed by atoms with Gasteiger partial charge in [0.2, 0.25) is 0 Å². The number of rotatable bonds is 2. The normalized spacial score (nSPS) is 9.50. The third-order valence-corrected chi connectivity index (χ3v) is 2.47. The van der Waals surface area contributed by atoms with E-state index in [4.69, 9.17) is 5.26 Å². The summed E-state index contributed by atoms with van der Waals surface area (Å²) in [4.78, 5) is 10.7. The largest absolute Gasteiger partial charge is 0.288 e. The molecular weight excluding hydrogens is 201 g/mol. The SMILES string of the molecule is CC(=O)SCc1cc(C#N)ccc1F. The van der Waals surface area contributed by atoms with Gasteiger partial charge in [-0.2, -0.15) is 5.26 Å². The molecule has 0 saturated heterocycles. The van der Waals surface area contributed by atoms with E-state index < -0.39 is 0 Å². The Balaban J connectivity index is 2.85. The lowest BCUT2D eigenvalue weighted by atomic mass is 10.1. The maximum absolute atomic E-state index is 13.1. The molecule has 0 unspecified atom stereocenters. The van der Waals surface area contributed by atoms with E-state index in [-0.39, 0.29) is 16.7 Å². The predicted octanol–water partition coefficient (Wildman–Crippen LogP) is 2.48. The van der Waals surface area contributed by atoms with Gasteiger partial charge in [-0.15, -0.1) is 0 Å². The molecule has 1 rings (SSSR count). The van der Waals surface area contributed by atoms with Gasteiger partial charge in [0.25, 0.3) is 0 Å². The zero-order valence-corrected chi connectivity index (χ0v) is 8.40. The summed E-state index contributed by atoms with van der Waals surface area (Å²) in [5.41, 5.74) is 0.801. The minimum absolute atomic E-state index is 0.0632. The van der Waals surface area contributed by atoms with Crippen molar-refractivity contribution in [1.29, 1.82) is 5.26 Å². The van der Waals surface area contributed by atoms with Gasteiger partial charge in [0.1, 0.15) is 5.82 Å². The summed E-state index contributed by atoms with van der Waals surface area (Å²) < 4.78 is 13.1. The summed E-state index contributed by atoms with van der Waals surface area (Å²) in [6, 6.07) is 6.04. The molecule has 1 aromatic carbocycles. The number of benzene rings is 1. The topological polar surface area (TPSA) is 40.9 Å². The van der Waals surface area contributed by atoms with Crippen LogP contribution < -0.4 is 0 Å². The van der Waals surface area contributed by atoms with Gasteiger partial charge in [-0.1, -0.05) is 11.8 Å². The van der Waals surface area contributed by atoms with Gasteiger partial charge >= 0.3 is 0 Å². The van der Waals surface area contributed by atoms with Gasteiger partial charge in [0, 0.05) is 12.7 Å². The number of nitrogens with zero attached hydrogens (tertiary/aromatic N) is 1. The lowest BCUT2D eigenvalue weighted by Crippen LogP contribution is -1.91. The van der Waals surface area contributed by atoms with Gasteiger partial charge in [-0.05, 0) is 23.8 Å². The van der Waals surface area contributed by atoms with Crippen LogP contribution in [0.2, 0.25) is 0 Å². The second-order valence-electron chi connectivity index (χ2n) is 2.70. The zero-order valence-electron chi connectivity index (χ0n) is 7.58. The third kappa shape index (κ3) is 2.86. The molecule has 0 aliphatic heterocycles. The number of halogens is 1. The summed E-state index contributed by atoms with van der Waals surface area (Å²) in [5, 5.41) is 8.52. The van der Waals surface area contributed by atoms with E-state index in [0.29, 0.717) is 11.1 Å². The van der Waals surface area contributed by atoms with E-state index in [9.17, 15) is 9.18 Å². The molecule has 0 aliphatic rings. The van der Waals surface area contributed by atoms with Crippen LogP contribution in [0, 0.1) is 17.1 Å². The quantitative estimate of drug-likeness (QED) is 0.751. The molecule has 0 amide bonds.